The van der Waals surface area contributed by atoms with Crippen LogP contribution in [0.4, 0.5) is 0 Å². The fourth-order valence-corrected chi connectivity index (χ4v) is 1.47. The molecule has 0 aromatic heterocycles. The van der Waals surface area contributed by atoms with E-state index in [0.29, 0.717) is 5.56 Å². The van der Waals surface area contributed by atoms with Crippen LogP contribution in [-0.2, 0) is 9.53 Å². The van der Waals surface area contributed by atoms with Crippen molar-refractivity contribution in [2.24, 2.45) is 0 Å². The van der Waals surface area contributed by atoms with Gasteiger partial charge in [0.2, 0.25) is 0 Å². The first-order valence-electron chi connectivity index (χ1n) is 6.05. The summed E-state index contributed by atoms with van der Waals surface area (Å²) >= 11 is 0. The van der Waals surface area contributed by atoms with E-state index in [1.54, 1.807) is 25.1 Å². The average Bonchev–Trinajstić information content (AvgIpc) is 2.40. The molecule has 3 nitrogen and oxygen atoms in total. The summed E-state index contributed by atoms with van der Waals surface area (Å²) in [6.07, 6.45) is 1.44. The van der Waals surface area contributed by atoms with Crippen molar-refractivity contribution in [3.05, 3.63) is 53.3 Å². The van der Waals surface area contributed by atoms with Gasteiger partial charge in [0.05, 0.1) is 6.61 Å². The number of rotatable bonds is 5. The molecule has 0 amide bonds. The Morgan fingerprint density at radius 1 is 1.39 bits per heavy atom. The van der Waals surface area contributed by atoms with Crippen LogP contribution in [0, 0.1) is 0 Å². The third kappa shape index (κ3) is 3.88. The first kappa shape index (κ1) is 14.2. The van der Waals surface area contributed by atoms with Crippen molar-refractivity contribution < 1.29 is 14.6 Å². The number of hydrogen-bond acceptors (Lipinski definition) is 3. The van der Waals surface area contributed by atoms with Gasteiger partial charge in [0, 0.05) is 0 Å². The second-order valence-corrected chi connectivity index (χ2v) is 3.70. The minimum absolute atomic E-state index is 0.143. The van der Waals surface area contributed by atoms with Crippen LogP contribution in [0.3, 0.4) is 0 Å². The fraction of sp³-hybridized carbons (Fsp3) is 0.333. The molecule has 18 heavy (non-hydrogen) atoms. The van der Waals surface area contributed by atoms with E-state index in [-0.39, 0.29) is 12.2 Å². The van der Waals surface area contributed by atoms with E-state index in [0.717, 1.165) is 6.42 Å². The minimum atomic E-state index is -1.01. The number of aliphatic hydroxyl groups is 1. The van der Waals surface area contributed by atoms with Gasteiger partial charge in [-0.2, -0.15) is 0 Å². The van der Waals surface area contributed by atoms with E-state index in [2.05, 4.69) is 5.73 Å². The maximum Gasteiger partial charge on any atom is 0.344 e. The van der Waals surface area contributed by atoms with Crippen molar-refractivity contribution in [1.29, 1.82) is 0 Å². The van der Waals surface area contributed by atoms with Crippen LogP contribution in [0.2, 0.25) is 0 Å². The summed E-state index contributed by atoms with van der Waals surface area (Å²) in [4.78, 5) is 11.8. The third-order valence-electron chi connectivity index (χ3n) is 2.35. The lowest BCUT2D eigenvalue weighted by molar-refractivity contribution is -0.139. The molecule has 0 spiro atoms. The molecule has 0 bridgehead atoms. The molecule has 1 aromatic rings. The SMILES string of the molecule is CCC=C=C(C(=O)OCC)C(O)c1ccccc1. The molecule has 3 heteroatoms. The maximum atomic E-state index is 11.8. The normalized spacial score (nSPS) is 11.3. The molecule has 0 saturated heterocycles. The van der Waals surface area contributed by atoms with Crippen molar-refractivity contribution in [3.63, 3.8) is 0 Å². The van der Waals surface area contributed by atoms with Gasteiger partial charge in [-0.25, -0.2) is 4.79 Å². The standard InChI is InChI=1S/C15H18O3/c1-3-5-11-13(15(17)18-4-2)14(16)12-9-7-6-8-10-12/h5-10,14,16H,3-4H2,1-2H3. The van der Waals surface area contributed by atoms with E-state index in [1.807, 2.05) is 25.1 Å². The molecule has 0 heterocycles. The zero-order valence-corrected chi connectivity index (χ0v) is 10.7. The zero-order chi connectivity index (χ0) is 13.4. The first-order chi connectivity index (χ1) is 8.70. The Morgan fingerprint density at radius 3 is 2.61 bits per heavy atom. The third-order valence-corrected chi connectivity index (χ3v) is 2.35. The quantitative estimate of drug-likeness (QED) is 0.493. The van der Waals surface area contributed by atoms with Gasteiger partial charge in [0.25, 0.3) is 0 Å². The number of hydrogen-bond donors (Lipinski definition) is 1. The molecular weight excluding hydrogens is 228 g/mol. The van der Waals surface area contributed by atoms with Crippen LogP contribution in [-0.4, -0.2) is 17.7 Å². The van der Waals surface area contributed by atoms with Crippen LogP contribution in [0.5, 0.6) is 0 Å². The molecule has 1 N–H and O–H groups in total. The Bertz CT molecular complexity index is 442. The molecule has 1 rings (SSSR count). The van der Waals surface area contributed by atoms with E-state index in [1.165, 1.54) is 0 Å². The Kier molecular flexibility index (Phi) is 5.92. The molecule has 0 fully saturated rings. The zero-order valence-electron chi connectivity index (χ0n) is 10.7. The van der Waals surface area contributed by atoms with Gasteiger partial charge in [-0.05, 0) is 25.0 Å². The molecule has 0 saturated carbocycles. The van der Waals surface area contributed by atoms with Crippen molar-refractivity contribution in [2.75, 3.05) is 6.61 Å². The largest absolute Gasteiger partial charge is 0.462 e. The summed E-state index contributed by atoms with van der Waals surface area (Å²) < 4.78 is 4.93. The predicted octanol–water partition coefficient (Wildman–Crippen LogP) is 2.77. The molecule has 96 valence electrons. The monoisotopic (exact) mass is 246 g/mol. The molecular formula is C15H18O3. The van der Waals surface area contributed by atoms with E-state index < -0.39 is 12.1 Å². The van der Waals surface area contributed by atoms with Crippen molar-refractivity contribution in [1.82, 2.24) is 0 Å². The molecule has 1 unspecified atom stereocenters. The minimum Gasteiger partial charge on any atom is -0.462 e. The highest BCUT2D eigenvalue weighted by Crippen LogP contribution is 2.21. The molecule has 0 radical (unpaired) electrons. The Morgan fingerprint density at radius 2 is 2.06 bits per heavy atom. The summed E-state index contributed by atoms with van der Waals surface area (Å²) in [5.74, 6) is -0.529. The van der Waals surface area contributed by atoms with Gasteiger partial charge in [0.15, 0.2) is 0 Å². The lowest BCUT2D eigenvalue weighted by atomic mass is 10.0. The predicted molar refractivity (Wildman–Crippen MR) is 69.9 cm³/mol. The summed E-state index contributed by atoms with van der Waals surface area (Å²) in [7, 11) is 0. The summed E-state index contributed by atoms with van der Waals surface area (Å²) in [6.45, 7) is 3.94. The Hall–Kier alpha value is -1.83. The molecule has 1 atom stereocenters. The smallest absolute Gasteiger partial charge is 0.344 e. The van der Waals surface area contributed by atoms with E-state index in [4.69, 9.17) is 4.74 Å². The van der Waals surface area contributed by atoms with Gasteiger partial charge < -0.3 is 9.84 Å². The Balaban J connectivity index is 3.05. The Labute approximate surface area is 107 Å². The number of ether oxygens (including phenoxy) is 1. The van der Waals surface area contributed by atoms with E-state index in [9.17, 15) is 9.90 Å². The van der Waals surface area contributed by atoms with Gasteiger partial charge in [-0.15, -0.1) is 5.73 Å². The van der Waals surface area contributed by atoms with Crippen molar-refractivity contribution >= 4 is 5.97 Å². The van der Waals surface area contributed by atoms with Crippen LogP contribution in [0.1, 0.15) is 31.9 Å². The fourth-order valence-electron chi connectivity index (χ4n) is 1.47. The van der Waals surface area contributed by atoms with Crippen LogP contribution in [0.25, 0.3) is 0 Å². The van der Waals surface area contributed by atoms with Gasteiger partial charge in [-0.1, -0.05) is 37.3 Å². The summed E-state index contributed by atoms with van der Waals surface area (Å²) in [5.41, 5.74) is 3.61. The van der Waals surface area contributed by atoms with E-state index >= 15 is 0 Å². The van der Waals surface area contributed by atoms with Crippen LogP contribution >= 0.6 is 0 Å². The second kappa shape index (κ2) is 7.49. The lowest BCUT2D eigenvalue weighted by Crippen LogP contribution is -2.14. The number of carbonyl (C=O) groups excluding carboxylic acids is 1. The molecule has 0 aliphatic carbocycles. The van der Waals surface area contributed by atoms with Crippen LogP contribution in [0.15, 0.2) is 47.7 Å². The summed E-state index contributed by atoms with van der Waals surface area (Å²) in [5, 5.41) is 10.2. The first-order valence-corrected chi connectivity index (χ1v) is 6.05. The number of aliphatic hydroxyl groups excluding tert-OH is 1. The van der Waals surface area contributed by atoms with Gasteiger partial charge in [-0.3, -0.25) is 0 Å². The van der Waals surface area contributed by atoms with Gasteiger partial charge in [0.1, 0.15) is 11.7 Å². The van der Waals surface area contributed by atoms with Crippen molar-refractivity contribution in [3.8, 4) is 0 Å². The van der Waals surface area contributed by atoms with Crippen molar-refractivity contribution in [2.45, 2.75) is 26.4 Å². The molecule has 0 aliphatic heterocycles. The molecule has 1 aromatic carbocycles. The molecule has 0 aliphatic rings. The highest BCUT2D eigenvalue weighted by Gasteiger charge is 2.21. The van der Waals surface area contributed by atoms with Crippen LogP contribution < -0.4 is 0 Å². The summed E-state index contributed by atoms with van der Waals surface area (Å²) in [6, 6.07) is 9.00. The average molecular weight is 246 g/mol. The number of carbonyl (C=O) groups is 1. The maximum absolute atomic E-state index is 11.8. The van der Waals surface area contributed by atoms with Gasteiger partial charge >= 0.3 is 5.97 Å². The highest BCUT2D eigenvalue weighted by molar-refractivity contribution is 5.89. The lowest BCUT2D eigenvalue weighted by Gasteiger charge is -2.12. The number of esters is 1. The second-order valence-electron chi connectivity index (χ2n) is 3.70. The topological polar surface area (TPSA) is 46.5 Å². The highest BCUT2D eigenvalue weighted by atomic mass is 16.5. The number of benzene rings is 1.